The Hall–Kier alpha value is -3.96. The minimum Gasteiger partial charge on any atom is -0.466 e. The number of hydrogen-bond donors (Lipinski definition) is 0. The van der Waals surface area contributed by atoms with Gasteiger partial charge < -0.3 is 14.5 Å². The van der Waals surface area contributed by atoms with Crippen molar-refractivity contribution in [3.05, 3.63) is 95.6 Å². The van der Waals surface area contributed by atoms with Crippen LogP contribution in [0, 0.1) is 5.92 Å². The third-order valence-corrected chi connectivity index (χ3v) is 7.82. The van der Waals surface area contributed by atoms with Gasteiger partial charge in [0.25, 0.3) is 0 Å². The molecule has 5 heteroatoms. The zero-order valence-corrected chi connectivity index (χ0v) is 23.7. The van der Waals surface area contributed by atoms with E-state index in [0.717, 1.165) is 49.0 Å². The minimum absolute atomic E-state index is 0.0452. The summed E-state index contributed by atoms with van der Waals surface area (Å²) in [6.45, 7) is 1.41. The largest absolute Gasteiger partial charge is 0.466 e. The van der Waals surface area contributed by atoms with Crippen molar-refractivity contribution in [3.63, 3.8) is 0 Å². The Morgan fingerprint density at radius 1 is 0.825 bits per heavy atom. The molecule has 4 aromatic rings. The molecule has 0 bridgehead atoms. The first kappa shape index (κ1) is 27.6. The van der Waals surface area contributed by atoms with Gasteiger partial charge in [-0.15, -0.1) is 0 Å². The summed E-state index contributed by atoms with van der Waals surface area (Å²) in [7, 11) is 5.54. The van der Waals surface area contributed by atoms with E-state index in [9.17, 15) is 9.59 Å². The van der Waals surface area contributed by atoms with Gasteiger partial charge in [-0.2, -0.15) is 0 Å². The SMILES string of the molecule is COC(=O)/C=C/c1cccc(N(Cc2ccc3c(ccc4cc(CN(C)C)ccc43)c2)C(=O)C2CCCCC2)c1. The predicted molar refractivity (Wildman–Crippen MR) is 164 cm³/mol. The smallest absolute Gasteiger partial charge is 0.330 e. The zero-order valence-electron chi connectivity index (χ0n) is 23.7. The Kier molecular flexibility index (Phi) is 8.61. The number of carbonyl (C=O) groups is 2. The maximum Gasteiger partial charge on any atom is 0.330 e. The van der Waals surface area contributed by atoms with Gasteiger partial charge in [0.15, 0.2) is 0 Å². The number of hydrogen-bond acceptors (Lipinski definition) is 4. The van der Waals surface area contributed by atoms with Crippen molar-refractivity contribution in [2.75, 3.05) is 26.1 Å². The summed E-state index contributed by atoms with van der Waals surface area (Å²) in [4.78, 5) is 29.6. The molecule has 0 radical (unpaired) electrons. The highest BCUT2D eigenvalue weighted by molar-refractivity contribution is 6.07. The summed E-state index contributed by atoms with van der Waals surface area (Å²) in [5.41, 5.74) is 4.09. The Morgan fingerprint density at radius 2 is 1.48 bits per heavy atom. The molecule has 0 heterocycles. The average molecular weight is 535 g/mol. The van der Waals surface area contributed by atoms with E-state index < -0.39 is 5.97 Å². The predicted octanol–water partition coefficient (Wildman–Crippen LogP) is 7.35. The first-order chi connectivity index (χ1) is 19.4. The van der Waals surface area contributed by atoms with Gasteiger partial charge in [0.05, 0.1) is 13.7 Å². The minimum atomic E-state index is -0.404. The summed E-state index contributed by atoms with van der Waals surface area (Å²) in [5.74, 6) is -0.178. The molecule has 206 valence electrons. The lowest BCUT2D eigenvalue weighted by Gasteiger charge is -2.30. The molecule has 0 aliphatic heterocycles. The third-order valence-electron chi connectivity index (χ3n) is 7.82. The number of rotatable bonds is 8. The fourth-order valence-corrected chi connectivity index (χ4v) is 5.81. The summed E-state index contributed by atoms with van der Waals surface area (Å²) < 4.78 is 4.74. The van der Waals surface area contributed by atoms with Gasteiger partial charge in [0.1, 0.15) is 0 Å². The first-order valence-corrected chi connectivity index (χ1v) is 14.2. The van der Waals surface area contributed by atoms with E-state index in [4.69, 9.17) is 4.74 Å². The van der Waals surface area contributed by atoms with Crippen LogP contribution in [0.3, 0.4) is 0 Å². The molecule has 0 spiro atoms. The lowest BCUT2D eigenvalue weighted by molar-refractivity contribution is -0.134. The van der Waals surface area contributed by atoms with Crippen LogP contribution in [0.4, 0.5) is 5.69 Å². The number of esters is 1. The molecule has 0 N–H and O–H groups in total. The van der Waals surface area contributed by atoms with E-state index in [1.807, 2.05) is 29.2 Å². The monoisotopic (exact) mass is 534 g/mol. The van der Waals surface area contributed by atoms with E-state index in [1.54, 1.807) is 6.08 Å². The third kappa shape index (κ3) is 6.43. The molecular formula is C35H38N2O3. The molecule has 1 aliphatic rings. The van der Waals surface area contributed by atoms with Gasteiger partial charge >= 0.3 is 5.97 Å². The zero-order chi connectivity index (χ0) is 28.1. The van der Waals surface area contributed by atoms with Crippen molar-refractivity contribution in [1.82, 2.24) is 4.90 Å². The van der Waals surface area contributed by atoms with Crippen LogP contribution < -0.4 is 4.90 Å². The van der Waals surface area contributed by atoms with E-state index in [-0.39, 0.29) is 11.8 Å². The summed E-state index contributed by atoms with van der Waals surface area (Å²) >= 11 is 0. The highest BCUT2D eigenvalue weighted by Crippen LogP contribution is 2.31. The van der Waals surface area contributed by atoms with Crippen LogP contribution in [0.15, 0.2) is 78.9 Å². The standard InChI is InChI=1S/C35H38N2O3/c1-36(2)23-26-12-17-32-29(20-26)15-16-30-21-27(13-18-33(30)32)24-37(35(39)28-9-5-4-6-10-28)31-11-7-8-25(22-31)14-19-34(38)40-3/h7-8,11-22,28H,4-6,9-10,23-24H2,1-3H3/b19-14+. The van der Waals surface area contributed by atoms with Crippen LogP contribution in [-0.4, -0.2) is 38.0 Å². The molecule has 0 aromatic heterocycles. The van der Waals surface area contributed by atoms with E-state index in [0.29, 0.717) is 6.54 Å². The normalized spacial score (nSPS) is 14.3. The van der Waals surface area contributed by atoms with E-state index in [2.05, 4.69) is 67.5 Å². The van der Waals surface area contributed by atoms with Gasteiger partial charge in [-0.25, -0.2) is 4.79 Å². The molecule has 5 rings (SSSR count). The van der Waals surface area contributed by atoms with Gasteiger partial charge in [-0.05, 0) is 95.5 Å². The van der Waals surface area contributed by atoms with Crippen molar-refractivity contribution in [1.29, 1.82) is 0 Å². The van der Waals surface area contributed by atoms with Crippen LogP contribution in [0.1, 0.15) is 48.8 Å². The molecule has 4 aromatic carbocycles. The molecule has 1 saturated carbocycles. The Balaban J connectivity index is 1.47. The number of fused-ring (bicyclic) bond motifs is 3. The number of methoxy groups -OCH3 is 1. The molecule has 1 aliphatic carbocycles. The molecule has 1 fully saturated rings. The molecule has 5 nitrogen and oxygen atoms in total. The molecule has 1 amide bonds. The number of ether oxygens (including phenoxy) is 1. The number of anilines is 1. The van der Waals surface area contributed by atoms with Crippen LogP contribution in [-0.2, 0) is 27.4 Å². The molecular weight excluding hydrogens is 496 g/mol. The van der Waals surface area contributed by atoms with Crippen molar-refractivity contribution < 1.29 is 14.3 Å². The topological polar surface area (TPSA) is 49.9 Å². The van der Waals surface area contributed by atoms with Gasteiger partial charge in [-0.1, -0.05) is 67.8 Å². The molecule has 0 unspecified atom stereocenters. The summed E-state index contributed by atoms with van der Waals surface area (Å²) in [6.07, 6.45) is 8.42. The second-order valence-corrected chi connectivity index (χ2v) is 11.1. The number of nitrogens with zero attached hydrogens (tertiary/aromatic N) is 2. The maximum atomic E-state index is 13.9. The Bertz CT molecular complexity index is 1550. The highest BCUT2D eigenvalue weighted by atomic mass is 16.5. The first-order valence-electron chi connectivity index (χ1n) is 14.2. The lowest BCUT2D eigenvalue weighted by Crippen LogP contribution is -2.36. The fourth-order valence-electron chi connectivity index (χ4n) is 5.81. The summed E-state index contributed by atoms with van der Waals surface area (Å²) in [6, 6.07) is 25.5. The van der Waals surface area contributed by atoms with Crippen LogP contribution >= 0.6 is 0 Å². The van der Waals surface area contributed by atoms with Gasteiger partial charge in [0, 0.05) is 24.2 Å². The number of benzene rings is 4. The Labute approximate surface area is 237 Å². The maximum absolute atomic E-state index is 13.9. The average Bonchev–Trinajstić information content (AvgIpc) is 2.98. The highest BCUT2D eigenvalue weighted by Gasteiger charge is 2.27. The lowest BCUT2D eigenvalue weighted by atomic mass is 9.88. The van der Waals surface area contributed by atoms with Crippen molar-refractivity contribution in [2.24, 2.45) is 5.92 Å². The van der Waals surface area contributed by atoms with Crippen LogP contribution in [0.5, 0.6) is 0 Å². The molecule has 40 heavy (non-hydrogen) atoms. The van der Waals surface area contributed by atoms with Crippen molar-refractivity contribution in [2.45, 2.75) is 45.2 Å². The number of carbonyl (C=O) groups excluding carboxylic acids is 2. The van der Waals surface area contributed by atoms with E-state index in [1.165, 1.54) is 46.7 Å². The molecule has 0 atom stereocenters. The van der Waals surface area contributed by atoms with Crippen LogP contribution in [0.2, 0.25) is 0 Å². The molecule has 0 saturated heterocycles. The van der Waals surface area contributed by atoms with Crippen molar-refractivity contribution >= 4 is 45.2 Å². The number of amides is 1. The summed E-state index contributed by atoms with van der Waals surface area (Å²) in [5, 5.41) is 4.88. The van der Waals surface area contributed by atoms with Crippen molar-refractivity contribution in [3.8, 4) is 0 Å². The second-order valence-electron chi connectivity index (χ2n) is 11.1. The van der Waals surface area contributed by atoms with Gasteiger partial charge in [-0.3, -0.25) is 4.79 Å². The quantitative estimate of drug-likeness (QED) is 0.135. The van der Waals surface area contributed by atoms with E-state index >= 15 is 0 Å². The van der Waals surface area contributed by atoms with Gasteiger partial charge in [0.2, 0.25) is 5.91 Å². The fraction of sp³-hybridized carbons (Fsp3) is 0.314. The second kappa shape index (κ2) is 12.5. The van der Waals surface area contributed by atoms with Crippen LogP contribution in [0.25, 0.3) is 27.6 Å². The Morgan fingerprint density at radius 3 is 2.10 bits per heavy atom.